The number of aromatic nitrogens is 4. The van der Waals surface area contributed by atoms with Gasteiger partial charge in [-0.15, -0.1) is 0 Å². The number of nitriles is 1. The second-order valence-electron chi connectivity index (χ2n) is 6.88. The monoisotopic (exact) mass is 397 g/mol. The maximum Gasteiger partial charge on any atom is 0.266 e. The van der Waals surface area contributed by atoms with E-state index in [2.05, 4.69) is 15.3 Å². The van der Waals surface area contributed by atoms with Gasteiger partial charge in [-0.2, -0.15) is 10.2 Å². The van der Waals surface area contributed by atoms with E-state index >= 15 is 0 Å². The summed E-state index contributed by atoms with van der Waals surface area (Å²) >= 11 is 0. The Labute approximate surface area is 172 Å². The quantitative estimate of drug-likeness (QED) is 0.542. The van der Waals surface area contributed by atoms with E-state index in [0.29, 0.717) is 22.4 Å². The largest absolute Gasteiger partial charge is 0.368 e. The van der Waals surface area contributed by atoms with Crippen LogP contribution in [0.1, 0.15) is 29.9 Å². The first-order chi connectivity index (χ1) is 14.5. The number of nitrogen functional groups attached to an aromatic ring is 1. The van der Waals surface area contributed by atoms with Gasteiger partial charge in [0.15, 0.2) is 0 Å². The van der Waals surface area contributed by atoms with Gasteiger partial charge < -0.3 is 11.1 Å². The molecule has 8 heteroatoms. The molecule has 0 fully saturated rings. The van der Waals surface area contributed by atoms with Gasteiger partial charge in [-0.25, -0.2) is 9.97 Å². The lowest BCUT2D eigenvalue weighted by Gasteiger charge is -2.21. The van der Waals surface area contributed by atoms with Crippen LogP contribution in [0.25, 0.3) is 16.6 Å². The van der Waals surface area contributed by atoms with Crippen molar-refractivity contribution in [2.75, 3.05) is 11.1 Å². The first-order valence-electron chi connectivity index (χ1n) is 9.36. The predicted molar refractivity (Wildman–Crippen MR) is 115 cm³/mol. The van der Waals surface area contributed by atoms with Gasteiger partial charge >= 0.3 is 0 Å². The van der Waals surface area contributed by atoms with Crippen molar-refractivity contribution in [2.45, 2.75) is 19.9 Å². The van der Waals surface area contributed by atoms with Crippen LogP contribution in [0.3, 0.4) is 0 Å². The highest BCUT2D eigenvalue weighted by Crippen LogP contribution is 2.23. The van der Waals surface area contributed by atoms with Crippen molar-refractivity contribution in [1.82, 2.24) is 19.5 Å². The fraction of sp³-hybridized carbons (Fsp3) is 0.136. The summed E-state index contributed by atoms with van der Waals surface area (Å²) in [5, 5.41) is 13.1. The molecule has 4 rings (SSSR count). The second kappa shape index (κ2) is 7.64. The molecule has 30 heavy (non-hydrogen) atoms. The molecular weight excluding hydrogens is 378 g/mol. The Morgan fingerprint density at radius 1 is 1.13 bits per heavy atom. The Bertz CT molecular complexity index is 1340. The van der Waals surface area contributed by atoms with E-state index in [1.54, 1.807) is 4.57 Å². The lowest BCUT2D eigenvalue weighted by atomic mass is 10.1. The number of para-hydroxylation sites is 1. The fourth-order valence-electron chi connectivity index (χ4n) is 3.39. The van der Waals surface area contributed by atoms with Crippen LogP contribution < -0.4 is 16.6 Å². The summed E-state index contributed by atoms with van der Waals surface area (Å²) in [6, 6.07) is 16.5. The Balaban J connectivity index is 1.93. The molecule has 2 aromatic carbocycles. The summed E-state index contributed by atoms with van der Waals surface area (Å²) in [5.41, 5.74) is 7.95. The summed E-state index contributed by atoms with van der Waals surface area (Å²) in [6.45, 7) is 3.74. The molecule has 0 spiro atoms. The maximum atomic E-state index is 13.5. The zero-order chi connectivity index (χ0) is 21.3. The number of rotatable bonds is 4. The summed E-state index contributed by atoms with van der Waals surface area (Å²) in [4.78, 5) is 26.3. The molecule has 1 atom stereocenters. The van der Waals surface area contributed by atoms with Gasteiger partial charge in [0.05, 0.1) is 28.8 Å². The van der Waals surface area contributed by atoms with Crippen molar-refractivity contribution < 1.29 is 0 Å². The smallest absolute Gasteiger partial charge is 0.266 e. The lowest BCUT2D eigenvalue weighted by Crippen LogP contribution is -2.28. The number of aryl methyl sites for hydroxylation is 1. The van der Waals surface area contributed by atoms with Crippen LogP contribution in [0.4, 0.5) is 11.8 Å². The molecule has 0 aliphatic rings. The van der Waals surface area contributed by atoms with Gasteiger partial charge in [-0.1, -0.05) is 30.3 Å². The zero-order valence-electron chi connectivity index (χ0n) is 16.5. The topological polar surface area (TPSA) is 123 Å². The number of hydrogen-bond acceptors (Lipinski definition) is 7. The summed E-state index contributed by atoms with van der Waals surface area (Å²) in [7, 11) is 0. The SMILES string of the molecule is Cc1cccc2nc([C@H](C)Nc3nc(N)ncc3C#N)n(-c3ccccc3)c(=O)c12. The molecule has 0 radical (unpaired) electrons. The van der Waals surface area contributed by atoms with Crippen molar-refractivity contribution in [3.8, 4) is 11.8 Å². The van der Waals surface area contributed by atoms with E-state index in [-0.39, 0.29) is 22.9 Å². The predicted octanol–water partition coefficient (Wildman–Crippen LogP) is 3.11. The number of hydrogen-bond donors (Lipinski definition) is 2. The van der Waals surface area contributed by atoms with Gasteiger partial charge in [0.1, 0.15) is 23.3 Å². The van der Waals surface area contributed by atoms with Crippen LogP contribution in [0.15, 0.2) is 59.5 Å². The number of anilines is 2. The van der Waals surface area contributed by atoms with E-state index < -0.39 is 6.04 Å². The van der Waals surface area contributed by atoms with Crippen LogP contribution in [-0.4, -0.2) is 19.5 Å². The minimum atomic E-state index is -0.454. The molecule has 0 saturated heterocycles. The summed E-state index contributed by atoms with van der Waals surface area (Å²) in [5.74, 6) is 0.826. The Kier molecular flexibility index (Phi) is 4.86. The van der Waals surface area contributed by atoms with E-state index in [9.17, 15) is 10.1 Å². The first-order valence-corrected chi connectivity index (χ1v) is 9.36. The molecule has 0 unspecified atom stereocenters. The molecule has 0 aliphatic heterocycles. The molecule has 2 aromatic heterocycles. The van der Waals surface area contributed by atoms with E-state index in [0.717, 1.165) is 5.56 Å². The lowest BCUT2D eigenvalue weighted by molar-refractivity contribution is 0.730. The van der Waals surface area contributed by atoms with Crippen LogP contribution >= 0.6 is 0 Å². The van der Waals surface area contributed by atoms with Crippen molar-refractivity contribution in [3.63, 3.8) is 0 Å². The highest BCUT2D eigenvalue weighted by atomic mass is 16.1. The zero-order valence-corrected chi connectivity index (χ0v) is 16.5. The van der Waals surface area contributed by atoms with E-state index in [1.807, 2.05) is 68.4 Å². The molecule has 3 N–H and O–H groups in total. The third-order valence-electron chi connectivity index (χ3n) is 4.81. The van der Waals surface area contributed by atoms with E-state index in [4.69, 9.17) is 10.7 Å². The standard InChI is InChI=1S/C22H19N7O/c1-13-7-6-10-17-18(13)21(30)29(16-8-4-3-5-9-16)20(27-17)14(2)26-19-15(11-23)12-25-22(24)28-19/h3-10,12,14H,1-2H3,(H3,24,25,26,28)/t14-/m0/s1. The average molecular weight is 397 g/mol. The molecule has 8 nitrogen and oxygen atoms in total. The van der Waals surface area contributed by atoms with Gasteiger partial charge in [-0.05, 0) is 37.6 Å². The van der Waals surface area contributed by atoms with Crippen LogP contribution in [0.5, 0.6) is 0 Å². The fourth-order valence-corrected chi connectivity index (χ4v) is 3.39. The molecule has 2 heterocycles. The third kappa shape index (κ3) is 3.33. The second-order valence-corrected chi connectivity index (χ2v) is 6.88. The highest BCUT2D eigenvalue weighted by Gasteiger charge is 2.20. The Morgan fingerprint density at radius 3 is 2.63 bits per heavy atom. The van der Waals surface area contributed by atoms with Crippen molar-refractivity contribution in [2.24, 2.45) is 0 Å². The molecule has 4 aromatic rings. The van der Waals surface area contributed by atoms with Crippen molar-refractivity contribution in [3.05, 3.63) is 82.0 Å². The molecular formula is C22H19N7O. The normalized spacial score (nSPS) is 11.8. The summed E-state index contributed by atoms with van der Waals surface area (Å²) in [6.07, 6.45) is 1.36. The molecule has 0 aliphatic carbocycles. The minimum absolute atomic E-state index is 0.0474. The summed E-state index contributed by atoms with van der Waals surface area (Å²) < 4.78 is 1.59. The van der Waals surface area contributed by atoms with Gasteiger partial charge in [0, 0.05) is 0 Å². The molecule has 0 bridgehead atoms. The van der Waals surface area contributed by atoms with Gasteiger partial charge in [-0.3, -0.25) is 9.36 Å². The number of nitrogens with one attached hydrogen (secondary N) is 1. The van der Waals surface area contributed by atoms with E-state index in [1.165, 1.54) is 6.20 Å². The van der Waals surface area contributed by atoms with Crippen molar-refractivity contribution in [1.29, 1.82) is 5.26 Å². The Hall–Kier alpha value is -4.25. The number of nitrogens with two attached hydrogens (primary N) is 1. The van der Waals surface area contributed by atoms with Crippen LogP contribution in [-0.2, 0) is 0 Å². The highest BCUT2D eigenvalue weighted by molar-refractivity contribution is 5.81. The third-order valence-corrected chi connectivity index (χ3v) is 4.81. The maximum absolute atomic E-state index is 13.5. The minimum Gasteiger partial charge on any atom is -0.368 e. The van der Waals surface area contributed by atoms with Crippen molar-refractivity contribution >= 4 is 22.7 Å². The van der Waals surface area contributed by atoms with Gasteiger partial charge in [0.25, 0.3) is 5.56 Å². The molecule has 0 saturated carbocycles. The van der Waals surface area contributed by atoms with Gasteiger partial charge in [0.2, 0.25) is 5.95 Å². The van der Waals surface area contributed by atoms with Crippen LogP contribution in [0.2, 0.25) is 0 Å². The first kappa shape index (κ1) is 19.1. The van der Waals surface area contributed by atoms with Crippen LogP contribution in [0, 0.1) is 18.3 Å². The number of nitrogens with zero attached hydrogens (tertiary/aromatic N) is 5. The molecule has 148 valence electrons. The average Bonchev–Trinajstić information content (AvgIpc) is 2.74. The molecule has 0 amide bonds. The number of benzene rings is 2. The number of fused-ring (bicyclic) bond motifs is 1. The Morgan fingerprint density at radius 2 is 1.90 bits per heavy atom.